The van der Waals surface area contributed by atoms with Crippen LogP contribution in [0.3, 0.4) is 0 Å². The van der Waals surface area contributed by atoms with Gasteiger partial charge < -0.3 is 5.21 Å². The van der Waals surface area contributed by atoms with Crippen LogP contribution in [0.4, 0.5) is 0 Å². The lowest BCUT2D eigenvalue weighted by Gasteiger charge is -1.87. The van der Waals surface area contributed by atoms with Crippen LogP contribution >= 0.6 is 11.3 Å². The fourth-order valence-electron chi connectivity index (χ4n) is 0.662. The predicted octanol–water partition coefficient (Wildman–Crippen LogP) is 1.78. The first-order chi connectivity index (χ1) is 5.34. The van der Waals surface area contributed by atoms with E-state index in [1.807, 2.05) is 11.4 Å². The van der Waals surface area contributed by atoms with Gasteiger partial charge in [-0.15, -0.1) is 16.5 Å². The van der Waals surface area contributed by atoms with Crippen LogP contribution in [0.2, 0.25) is 0 Å². The summed E-state index contributed by atoms with van der Waals surface area (Å²) in [6.45, 7) is 0. The van der Waals surface area contributed by atoms with Crippen molar-refractivity contribution in [3.63, 3.8) is 0 Å². The second kappa shape index (κ2) is 3.88. The molecular formula is C7H7NO2S. The summed E-state index contributed by atoms with van der Waals surface area (Å²) in [5.41, 5.74) is 0. The van der Waals surface area contributed by atoms with Gasteiger partial charge in [0.1, 0.15) is 0 Å². The van der Waals surface area contributed by atoms with Crippen molar-refractivity contribution in [3.8, 4) is 0 Å². The van der Waals surface area contributed by atoms with E-state index < -0.39 is 0 Å². The van der Waals surface area contributed by atoms with E-state index in [1.54, 1.807) is 6.07 Å². The van der Waals surface area contributed by atoms with Gasteiger partial charge in [-0.2, -0.15) is 0 Å². The van der Waals surface area contributed by atoms with E-state index in [0.717, 1.165) is 0 Å². The molecule has 0 aliphatic heterocycles. The van der Waals surface area contributed by atoms with Gasteiger partial charge in [-0.1, -0.05) is 6.07 Å². The van der Waals surface area contributed by atoms with Gasteiger partial charge in [0.15, 0.2) is 5.78 Å². The molecule has 1 aromatic heterocycles. The Balaban J connectivity index is 2.56. The molecule has 58 valence electrons. The zero-order valence-electron chi connectivity index (χ0n) is 5.73. The molecule has 1 aromatic rings. The fourth-order valence-corrected chi connectivity index (χ4v) is 1.34. The van der Waals surface area contributed by atoms with Crippen molar-refractivity contribution >= 4 is 23.3 Å². The Morgan fingerprint density at radius 2 is 2.64 bits per heavy atom. The molecule has 0 unspecified atom stereocenters. The number of Topliss-reactive ketones (excluding diaryl/α,β-unsaturated/α-hetero) is 1. The highest BCUT2D eigenvalue weighted by atomic mass is 32.1. The third kappa shape index (κ3) is 2.16. The largest absolute Gasteiger partial charge is 0.411 e. The van der Waals surface area contributed by atoms with Gasteiger partial charge in [0.25, 0.3) is 0 Å². The molecule has 0 saturated carbocycles. The standard InChI is InChI=1S/C7H7NO2S/c9-6(3-4-8-10)7-2-1-5-11-7/h1-2,4-5,10H,3H2/b8-4+. The minimum Gasteiger partial charge on any atom is -0.411 e. The maximum Gasteiger partial charge on any atom is 0.178 e. The topological polar surface area (TPSA) is 49.7 Å². The van der Waals surface area contributed by atoms with Gasteiger partial charge in [-0.05, 0) is 11.4 Å². The van der Waals surface area contributed by atoms with Gasteiger partial charge in [0, 0.05) is 0 Å². The molecule has 0 bridgehead atoms. The first-order valence-electron chi connectivity index (χ1n) is 3.07. The number of carbonyl (C=O) groups is 1. The number of rotatable bonds is 3. The number of thiophene rings is 1. The van der Waals surface area contributed by atoms with E-state index in [2.05, 4.69) is 5.16 Å². The first-order valence-corrected chi connectivity index (χ1v) is 3.95. The second-order valence-electron chi connectivity index (χ2n) is 1.90. The molecule has 0 saturated heterocycles. The molecule has 0 aromatic carbocycles. The van der Waals surface area contributed by atoms with Gasteiger partial charge in [-0.3, -0.25) is 4.79 Å². The van der Waals surface area contributed by atoms with E-state index in [9.17, 15) is 4.79 Å². The highest BCUT2D eigenvalue weighted by Crippen LogP contribution is 2.09. The minimum atomic E-state index is -0.0159. The monoisotopic (exact) mass is 169 g/mol. The van der Waals surface area contributed by atoms with Crippen LogP contribution in [0.1, 0.15) is 16.1 Å². The molecule has 0 aliphatic carbocycles. The van der Waals surface area contributed by atoms with Gasteiger partial charge in [-0.25, -0.2) is 0 Å². The number of oxime groups is 1. The van der Waals surface area contributed by atoms with E-state index in [4.69, 9.17) is 5.21 Å². The van der Waals surface area contributed by atoms with E-state index in [-0.39, 0.29) is 12.2 Å². The number of nitrogens with zero attached hydrogens (tertiary/aromatic N) is 1. The summed E-state index contributed by atoms with van der Waals surface area (Å²) in [5.74, 6) is -0.0159. The van der Waals surface area contributed by atoms with E-state index >= 15 is 0 Å². The molecule has 3 nitrogen and oxygen atoms in total. The molecule has 0 radical (unpaired) electrons. The molecule has 0 atom stereocenters. The first kappa shape index (κ1) is 7.94. The summed E-state index contributed by atoms with van der Waals surface area (Å²) in [6.07, 6.45) is 1.35. The van der Waals surface area contributed by atoms with Crippen LogP contribution in [0, 0.1) is 0 Å². The highest BCUT2D eigenvalue weighted by Gasteiger charge is 2.03. The van der Waals surface area contributed by atoms with Gasteiger partial charge >= 0.3 is 0 Å². The van der Waals surface area contributed by atoms with E-state index in [0.29, 0.717) is 4.88 Å². The Hall–Kier alpha value is -1.16. The SMILES string of the molecule is O=C(C/C=N/O)c1cccs1. The van der Waals surface area contributed by atoms with Crippen molar-refractivity contribution in [2.24, 2.45) is 5.16 Å². The Morgan fingerprint density at radius 1 is 1.82 bits per heavy atom. The third-order valence-corrected chi connectivity index (χ3v) is 2.07. The lowest BCUT2D eigenvalue weighted by atomic mass is 10.2. The molecule has 11 heavy (non-hydrogen) atoms. The molecule has 4 heteroatoms. The number of carbonyl (C=O) groups excluding carboxylic acids is 1. The van der Waals surface area contributed by atoms with Crippen molar-refractivity contribution < 1.29 is 10.0 Å². The maximum atomic E-state index is 11.1. The zero-order valence-corrected chi connectivity index (χ0v) is 6.54. The Morgan fingerprint density at radius 3 is 3.18 bits per heavy atom. The summed E-state index contributed by atoms with van der Waals surface area (Å²) in [6, 6.07) is 3.56. The van der Waals surface area contributed by atoms with Crippen molar-refractivity contribution in [2.45, 2.75) is 6.42 Å². The highest BCUT2D eigenvalue weighted by molar-refractivity contribution is 7.12. The third-order valence-electron chi connectivity index (χ3n) is 1.15. The molecule has 0 fully saturated rings. The van der Waals surface area contributed by atoms with Crippen molar-refractivity contribution in [1.29, 1.82) is 0 Å². The second-order valence-corrected chi connectivity index (χ2v) is 2.85. The van der Waals surface area contributed by atoms with Crippen LogP contribution in [0.5, 0.6) is 0 Å². The van der Waals surface area contributed by atoms with Crippen LogP contribution in [-0.2, 0) is 0 Å². The summed E-state index contributed by atoms with van der Waals surface area (Å²) >= 11 is 1.39. The van der Waals surface area contributed by atoms with Crippen LogP contribution in [0.15, 0.2) is 22.7 Å². The molecule has 1 N–H and O–H groups in total. The van der Waals surface area contributed by atoms with Crippen LogP contribution in [-0.4, -0.2) is 17.2 Å². The Kier molecular flexibility index (Phi) is 2.80. The number of ketones is 1. The van der Waals surface area contributed by atoms with E-state index in [1.165, 1.54) is 17.6 Å². The quantitative estimate of drug-likeness (QED) is 0.324. The summed E-state index contributed by atoms with van der Waals surface area (Å²) in [5, 5.41) is 12.6. The molecule has 1 heterocycles. The molecular weight excluding hydrogens is 162 g/mol. The predicted molar refractivity (Wildman–Crippen MR) is 43.5 cm³/mol. The Bertz CT molecular complexity index is 253. The summed E-state index contributed by atoms with van der Waals surface area (Å²) < 4.78 is 0. The zero-order chi connectivity index (χ0) is 8.10. The van der Waals surface area contributed by atoms with Crippen molar-refractivity contribution in [1.82, 2.24) is 0 Å². The molecule has 0 spiro atoms. The molecule has 0 amide bonds. The lowest BCUT2D eigenvalue weighted by Crippen LogP contribution is -1.95. The smallest absolute Gasteiger partial charge is 0.178 e. The Labute approximate surface area is 68.0 Å². The normalized spacial score (nSPS) is 10.5. The van der Waals surface area contributed by atoms with Gasteiger partial charge in [0.2, 0.25) is 0 Å². The molecule has 1 rings (SSSR count). The maximum absolute atomic E-state index is 11.1. The minimum absolute atomic E-state index is 0.0159. The van der Waals surface area contributed by atoms with Crippen LogP contribution in [0.25, 0.3) is 0 Å². The van der Waals surface area contributed by atoms with Crippen molar-refractivity contribution in [2.75, 3.05) is 0 Å². The number of hydrogen-bond donors (Lipinski definition) is 1. The lowest BCUT2D eigenvalue weighted by molar-refractivity contribution is 0.100. The molecule has 0 aliphatic rings. The average molecular weight is 169 g/mol. The summed E-state index contributed by atoms with van der Waals surface area (Å²) in [7, 11) is 0. The van der Waals surface area contributed by atoms with Crippen LogP contribution < -0.4 is 0 Å². The number of hydrogen-bond acceptors (Lipinski definition) is 4. The average Bonchev–Trinajstić information content (AvgIpc) is 2.52. The van der Waals surface area contributed by atoms with Crippen molar-refractivity contribution in [3.05, 3.63) is 22.4 Å². The summed E-state index contributed by atoms with van der Waals surface area (Å²) in [4.78, 5) is 11.8. The fraction of sp³-hybridized carbons (Fsp3) is 0.143. The van der Waals surface area contributed by atoms with Gasteiger partial charge in [0.05, 0.1) is 17.5 Å².